The van der Waals surface area contributed by atoms with Crippen molar-refractivity contribution in [2.75, 3.05) is 17.6 Å². The van der Waals surface area contributed by atoms with Gasteiger partial charge < -0.3 is 11.1 Å². The zero-order chi connectivity index (χ0) is 9.68. The monoisotopic (exact) mass is 176 g/mol. The second-order valence-corrected chi connectivity index (χ2v) is 3.08. The van der Waals surface area contributed by atoms with Gasteiger partial charge in [-0.3, -0.25) is 0 Å². The molecule has 1 rings (SSSR count). The summed E-state index contributed by atoms with van der Waals surface area (Å²) in [6, 6.07) is 5.88. The number of anilines is 2. The van der Waals surface area contributed by atoms with Crippen molar-refractivity contribution in [3.8, 4) is 0 Å². The Kier molecular flexibility index (Phi) is 3.38. The van der Waals surface area contributed by atoms with Gasteiger partial charge in [-0.15, -0.1) is 6.58 Å². The fourth-order valence-electron chi connectivity index (χ4n) is 1.19. The number of hydrogen-bond donors (Lipinski definition) is 2. The third-order valence-corrected chi connectivity index (χ3v) is 1.91. The third kappa shape index (κ3) is 2.82. The van der Waals surface area contributed by atoms with Gasteiger partial charge in [-0.2, -0.15) is 0 Å². The number of hydrogen-bond acceptors (Lipinski definition) is 2. The summed E-state index contributed by atoms with van der Waals surface area (Å²) in [7, 11) is 0. The van der Waals surface area contributed by atoms with Crippen LogP contribution in [0.15, 0.2) is 30.9 Å². The van der Waals surface area contributed by atoms with E-state index in [1.54, 1.807) is 0 Å². The van der Waals surface area contributed by atoms with E-state index in [9.17, 15) is 0 Å². The van der Waals surface area contributed by atoms with E-state index < -0.39 is 0 Å². The van der Waals surface area contributed by atoms with Crippen LogP contribution in [0.3, 0.4) is 0 Å². The molecule has 0 aliphatic carbocycles. The summed E-state index contributed by atoms with van der Waals surface area (Å²) in [6.45, 7) is 6.64. The molecule has 0 bridgehead atoms. The molecule has 0 aliphatic rings. The van der Waals surface area contributed by atoms with E-state index in [2.05, 4.69) is 11.9 Å². The standard InChI is InChI=1S/C11H16N2/c1-3-4-7-13-11-6-5-10(12)8-9(11)2/h3,5-6,8,13H,1,4,7,12H2,2H3. The quantitative estimate of drug-likeness (QED) is 0.420. The fourth-order valence-corrected chi connectivity index (χ4v) is 1.19. The highest BCUT2D eigenvalue weighted by atomic mass is 14.9. The second kappa shape index (κ2) is 4.55. The first-order chi connectivity index (χ1) is 6.24. The Morgan fingerprint density at radius 1 is 1.54 bits per heavy atom. The highest BCUT2D eigenvalue weighted by Crippen LogP contribution is 2.17. The average Bonchev–Trinajstić information content (AvgIpc) is 2.09. The minimum absolute atomic E-state index is 0.812. The Labute approximate surface area is 79.5 Å². The summed E-state index contributed by atoms with van der Waals surface area (Å²) >= 11 is 0. The molecule has 0 heterocycles. The molecule has 0 amide bonds. The first-order valence-corrected chi connectivity index (χ1v) is 4.45. The fraction of sp³-hybridized carbons (Fsp3) is 0.273. The zero-order valence-corrected chi connectivity index (χ0v) is 8.01. The lowest BCUT2D eigenvalue weighted by Gasteiger charge is -2.08. The van der Waals surface area contributed by atoms with E-state index in [1.165, 1.54) is 5.56 Å². The van der Waals surface area contributed by atoms with E-state index in [-0.39, 0.29) is 0 Å². The number of nitrogens with one attached hydrogen (secondary N) is 1. The summed E-state index contributed by atoms with van der Waals surface area (Å²) in [5.74, 6) is 0. The highest BCUT2D eigenvalue weighted by molar-refractivity contribution is 5.57. The molecule has 70 valence electrons. The largest absolute Gasteiger partial charge is 0.399 e. The van der Waals surface area contributed by atoms with Crippen molar-refractivity contribution in [3.05, 3.63) is 36.4 Å². The van der Waals surface area contributed by atoms with Crippen LogP contribution in [0.1, 0.15) is 12.0 Å². The summed E-state index contributed by atoms with van der Waals surface area (Å²) in [4.78, 5) is 0. The summed E-state index contributed by atoms with van der Waals surface area (Å²) < 4.78 is 0. The number of aryl methyl sites for hydroxylation is 1. The van der Waals surface area contributed by atoms with Gasteiger partial charge >= 0.3 is 0 Å². The SMILES string of the molecule is C=CCCNc1ccc(N)cc1C. The lowest BCUT2D eigenvalue weighted by molar-refractivity contribution is 1.07. The number of nitrogens with two attached hydrogens (primary N) is 1. The second-order valence-electron chi connectivity index (χ2n) is 3.08. The molecule has 1 aromatic carbocycles. The number of nitrogen functional groups attached to an aromatic ring is 1. The van der Waals surface area contributed by atoms with Crippen LogP contribution in [-0.4, -0.2) is 6.54 Å². The lowest BCUT2D eigenvalue weighted by atomic mass is 10.2. The Bertz CT molecular complexity index is 292. The summed E-state index contributed by atoms with van der Waals surface area (Å²) in [5, 5.41) is 3.31. The van der Waals surface area contributed by atoms with E-state index >= 15 is 0 Å². The Balaban J connectivity index is 2.61. The van der Waals surface area contributed by atoms with Gasteiger partial charge in [0.25, 0.3) is 0 Å². The van der Waals surface area contributed by atoms with Gasteiger partial charge in [0.2, 0.25) is 0 Å². The molecule has 0 unspecified atom stereocenters. The van der Waals surface area contributed by atoms with Crippen molar-refractivity contribution >= 4 is 11.4 Å². The van der Waals surface area contributed by atoms with Crippen molar-refractivity contribution < 1.29 is 0 Å². The van der Waals surface area contributed by atoms with E-state index in [4.69, 9.17) is 5.73 Å². The molecule has 0 fully saturated rings. The van der Waals surface area contributed by atoms with Crippen LogP contribution in [0.2, 0.25) is 0 Å². The number of benzene rings is 1. The normalized spacial score (nSPS) is 9.62. The Morgan fingerprint density at radius 3 is 2.92 bits per heavy atom. The van der Waals surface area contributed by atoms with E-state index in [0.717, 1.165) is 24.3 Å². The van der Waals surface area contributed by atoms with E-state index in [1.807, 2.05) is 31.2 Å². The van der Waals surface area contributed by atoms with Gasteiger partial charge in [-0.05, 0) is 37.1 Å². The van der Waals surface area contributed by atoms with Gasteiger partial charge in [0.15, 0.2) is 0 Å². The first kappa shape index (κ1) is 9.65. The average molecular weight is 176 g/mol. The van der Waals surface area contributed by atoms with Crippen LogP contribution < -0.4 is 11.1 Å². The van der Waals surface area contributed by atoms with Crippen LogP contribution in [0, 0.1) is 6.92 Å². The van der Waals surface area contributed by atoms with Crippen LogP contribution >= 0.6 is 0 Å². The molecule has 1 aromatic rings. The maximum absolute atomic E-state index is 5.64. The first-order valence-electron chi connectivity index (χ1n) is 4.45. The summed E-state index contributed by atoms with van der Waals surface area (Å²) in [6.07, 6.45) is 2.88. The lowest BCUT2D eigenvalue weighted by Crippen LogP contribution is -2.02. The smallest absolute Gasteiger partial charge is 0.0371 e. The molecule has 0 radical (unpaired) electrons. The Hall–Kier alpha value is -1.44. The highest BCUT2D eigenvalue weighted by Gasteiger charge is 1.96. The van der Waals surface area contributed by atoms with Gasteiger partial charge in [-0.1, -0.05) is 6.08 Å². The third-order valence-electron chi connectivity index (χ3n) is 1.91. The molecule has 0 aromatic heterocycles. The maximum Gasteiger partial charge on any atom is 0.0371 e. The molecule has 0 aliphatic heterocycles. The van der Waals surface area contributed by atoms with Crippen molar-refractivity contribution in [1.29, 1.82) is 0 Å². The van der Waals surface area contributed by atoms with Crippen LogP contribution in [-0.2, 0) is 0 Å². The van der Waals surface area contributed by atoms with Crippen LogP contribution in [0.25, 0.3) is 0 Å². The molecule has 3 N–H and O–H groups in total. The molecule has 2 heteroatoms. The van der Waals surface area contributed by atoms with Crippen molar-refractivity contribution in [1.82, 2.24) is 0 Å². The van der Waals surface area contributed by atoms with Crippen molar-refractivity contribution in [3.63, 3.8) is 0 Å². The minimum Gasteiger partial charge on any atom is -0.399 e. The molecule has 13 heavy (non-hydrogen) atoms. The molecule has 0 saturated carbocycles. The van der Waals surface area contributed by atoms with Gasteiger partial charge in [-0.25, -0.2) is 0 Å². The minimum atomic E-state index is 0.812. The molecule has 2 nitrogen and oxygen atoms in total. The topological polar surface area (TPSA) is 38.0 Å². The van der Waals surface area contributed by atoms with Crippen molar-refractivity contribution in [2.24, 2.45) is 0 Å². The predicted octanol–water partition coefficient (Wildman–Crippen LogP) is 2.57. The number of rotatable bonds is 4. The molecular weight excluding hydrogens is 160 g/mol. The van der Waals surface area contributed by atoms with Gasteiger partial charge in [0.05, 0.1) is 0 Å². The van der Waals surface area contributed by atoms with Crippen LogP contribution in [0.4, 0.5) is 11.4 Å². The van der Waals surface area contributed by atoms with Crippen LogP contribution in [0.5, 0.6) is 0 Å². The molecule has 0 spiro atoms. The Morgan fingerprint density at radius 2 is 2.31 bits per heavy atom. The predicted molar refractivity (Wildman–Crippen MR) is 58.9 cm³/mol. The van der Waals surface area contributed by atoms with Crippen molar-refractivity contribution in [2.45, 2.75) is 13.3 Å². The summed E-state index contributed by atoms with van der Waals surface area (Å²) in [5.41, 5.74) is 8.78. The molecular formula is C11H16N2. The van der Waals surface area contributed by atoms with Gasteiger partial charge in [0.1, 0.15) is 0 Å². The molecule has 0 atom stereocenters. The van der Waals surface area contributed by atoms with Gasteiger partial charge in [0, 0.05) is 17.9 Å². The maximum atomic E-state index is 5.64. The molecule has 0 saturated heterocycles. The van der Waals surface area contributed by atoms with E-state index in [0.29, 0.717) is 0 Å². The zero-order valence-electron chi connectivity index (χ0n) is 8.01.